The van der Waals surface area contributed by atoms with Crippen molar-refractivity contribution >= 4 is 5.71 Å². The first-order valence-electron chi connectivity index (χ1n) is 2.71. The molecule has 0 aliphatic heterocycles. The van der Waals surface area contributed by atoms with Crippen molar-refractivity contribution in [2.45, 2.75) is 6.92 Å². The minimum Gasteiger partial charge on any atom is -0.311 e. The molecule has 2 nitrogen and oxygen atoms in total. The van der Waals surface area contributed by atoms with Gasteiger partial charge in [-0.15, -0.1) is 0 Å². The number of rotatable bonds is 4. The standard InChI is InChI=1S/C6H12N2/c1-3-6(7)5-8-4-2/h3,7-8H,1,4-5H2,2H3. The topological polar surface area (TPSA) is 35.9 Å². The molecule has 0 aromatic rings. The molecule has 0 saturated carbocycles. The fourth-order valence-electron chi connectivity index (χ4n) is 0.332. The lowest BCUT2D eigenvalue weighted by Crippen LogP contribution is -2.20. The highest BCUT2D eigenvalue weighted by molar-refractivity contribution is 5.93. The molecule has 0 rings (SSSR count). The lowest BCUT2D eigenvalue weighted by Gasteiger charge is -1.95. The molecule has 0 fully saturated rings. The second-order valence-corrected chi connectivity index (χ2v) is 1.51. The van der Waals surface area contributed by atoms with Crippen molar-refractivity contribution < 1.29 is 0 Å². The summed E-state index contributed by atoms with van der Waals surface area (Å²) in [5.74, 6) is 0. The van der Waals surface area contributed by atoms with Gasteiger partial charge >= 0.3 is 0 Å². The average Bonchev–Trinajstić information content (AvgIpc) is 1.83. The summed E-state index contributed by atoms with van der Waals surface area (Å²) in [7, 11) is 0. The largest absolute Gasteiger partial charge is 0.311 e. The Morgan fingerprint density at radius 2 is 2.50 bits per heavy atom. The third-order valence-electron chi connectivity index (χ3n) is 0.812. The molecule has 0 aromatic heterocycles. The normalized spacial score (nSPS) is 8.62. The van der Waals surface area contributed by atoms with Gasteiger partial charge in [-0.05, 0) is 12.6 Å². The fraction of sp³-hybridized carbons (Fsp3) is 0.500. The van der Waals surface area contributed by atoms with Crippen LogP contribution in [0.3, 0.4) is 0 Å². The maximum atomic E-state index is 7.06. The maximum absolute atomic E-state index is 7.06. The van der Waals surface area contributed by atoms with Gasteiger partial charge in [0.1, 0.15) is 0 Å². The van der Waals surface area contributed by atoms with Gasteiger partial charge in [-0.1, -0.05) is 13.5 Å². The molecule has 2 N–H and O–H groups in total. The molecule has 0 heterocycles. The molecule has 0 saturated heterocycles. The summed E-state index contributed by atoms with van der Waals surface area (Å²) in [5, 5.41) is 10.1. The molecule has 0 amide bonds. The Balaban J connectivity index is 3.11. The molecule has 2 heteroatoms. The maximum Gasteiger partial charge on any atom is 0.0446 e. The van der Waals surface area contributed by atoms with Crippen molar-refractivity contribution in [2.24, 2.45) is 0 Å². The predicted octanol–water partition coefficient (Wildman–Crippen LogP) is 0.802. The van der Waals surface area contributed by atoms with Crippen LogP contribution in [0.5, 0.6) is 0 Å². The van der Waals surface area contributed by atoms with Crippen LogP contribution in [0.2, 0.25) is 0 Å². The Morgan fingerprint density at radius 3 is 2.88 bits per heavy atom. The van der Waals surface area contributed by atoms with Gasteiger partial charge in [-0.3, -0.25) is 0 Å². The van der Waals surface area contributed by atoms with Gasteiger partial charge in [0, 0.05) is 12.3 Å². The van der Waals surface area contributed by atoms with Crippen molar-refractivity contribution in [1.29, 1.82) is 5.41 Å². The number of hydrogen-bond acceptors (Lipinski definition) is 2. The Bertz CT molecular complexity index is 86.5. The van der Waals surface area contributed by atoms with Gasteiger partial charge in [-0.25, -0.2) is 0 Å². The van der Waals surface area contributed by atoms with Crippen molar-refractivity contribution in [3.63, 3.8) is 0 Å². The van der Waals surface area contributed by atoms with Crippen LogP contribution in [0.15, 0.2) is 12.7 Å². The second kappa shape index (κ2) is 4.53. The monoisotopic (exact) mass is 112 g/mol. The highest BCUT2D eigenvalue weighted by Gasteiger charge is 1.84. The summed E-state index contributed by atoms with van der Waals surface area (Å²) in [4.78, 5) is 0. The molecule has 0 aliphatic carbocycles. The predicted molar refractivity (Wildman–Crippen MR) is 36.5 cm³/mol. The Hall–Kier alpha value is -0.630. The molecule has 0 aliphatic rings. The van der Waals surface area contributed by atoms with E-state index in [0.717, 1.165) is 6.54 Å². The van der Waals surface area contributed by atoms with Crippen LogP contribution in [0.4, 0.5) is 0 Å². The highest BCUT2D eigenvalue weighted by Crippen LogP contribution is 1.68. The van der Waals surface area contributed by atoms with Crippen LogP contribution in [0, 0.1) is 5.41 Å². The van der Waals surface area contributed by atoms with E-state index >= 15 is 0 Å². The molecule has 0 atom stereocenters. The van der Waals surface area contributed by atoms with E-state index < -0.39 is 0 Å². The summed E-state index contributed by atoms with van der Waals surface area (Å²) >= 11 is 0. The van der Waals surface area contributed by atoms with Crippen LogP contribution in [-0.4, -0.2) is 18.8 Å². The second-order valence-electron chi connectivity index (χ2n) is 1.51. The summed E-state index contributed by atoms with van der Waals surface area (Å²) in [6.45, 7) is 7.01. The molecule has 0 aromatic carbocycles. The van der Waals surface area contributed by atoms with Crippen LogP contribution >= 0.6 is 0 Å². The van der Waals surface area contributed by atoms with E-state index in [1.165, 1.54) is 0 Å². The van der Waals surface area contributed by atoms with Crippen LogP contribution in [0.25, 0.3) is 0 Å². The average molecular weight is 112 g/mol. The van der Waals surface area contributed by atoms with E-state index in [0.29, 0.717) is 12.3 Å². The van der Waals surface area contributed by atoms with Gasteiger partial charge < -0.3 is 10.7 Å². The first kappa shape index (κ1) is 7.37. The van der Waals surface area contributed by atoms with E-state index in [4.69, 9.17) is 5.41 Å². The summed E-state index contributed by atoms with van der Waals surface area (Å²) < 4.78 is 0. The van der Waals surface area contributed by atoms with E-state index in [9.17, 15) is 0 Å². The third kappa shape index (κ3) is 3.56. The van der Waals surface area contributed by atoms with Crippen molar-refractivity contribution in [3.05, 3.63) is 12.7 Å². The quantitative estimate of drug-likeness (QED) is 0.518. The van der Waals surface area contributed by atoms with E-state index in [2.05, 4.69) is 11.9 Å². The summed E-state index contributed by atoms with van der Waals surface area (Å²) in [6.07, 6.45) is 1.54. The smallest absolute Gasteiger partial charge is 0.0446 e. The molecule has 0 unspecified atom stereocenters. The van der Waals surface area contributed by atoms with Crippen molar-refractivity contribution in [1.82, 2.24) is 5.32 Å². The van der Waals surface area contributed by atoms with Crippen LogP contribution in [-0.2, 0) is 0 Å². The van der Waals surface area contributed by atoms with E-state index in [1.54, 1.807) is 6.08 Å². The first-order valence-corrected chi connectivity index (χ1v) is 2.71. The van der Waals surface area contributed by atoms with Gasteiger partial charge in [0.05, 0.1) is 0 Å². The molecule has 0 spiro atoms. The third-order valence-corrected chi connectivity index (χ3v) is 0.812. The van der Waals surface area contributed by atoms with Crippen LogP contribution < -0.4 is 5.32 Å². The molecule has 46 valence electrons. The minimum absolute atomic E-state index is 0.548. The van der Waals surface area contributed by atoms with Crippen molar-refractivity contribution in [2.75, 3.05) is 13.1 Å². The number of nitrogens with one attached hydrogen (secondary N) is 2. The molecule has 0 radical (unpaired) electrons. The highest BCUT2D eigenvalue weighted by atomic mass is 14.8. The molecule has 8 heavy (non-hydrogen) atoms. The molecule has 0 bridgehead atoms. The van der Waals surface area contributed by atoms with Gasteiger partial charge in [0.25, 0.3) is 0 Å². The Morgan fingerprint density at radius 1 is 1.88 bits per heavy atom. The van der Waals surface area contributed by atoms with Crippen LogP contribution in [0.1, 0.15) is 6.92 Å². The van der Waals surface area contributed by atoms with E-state index in [1.807, 2.05) is 6.92 Å². The van der Waals surface area contributed by atoms with Gasteiger partial charge in [0.15, 0.2) is 0 Å². The molecular formula is C6H12N2. The Kier molecular flexibility index (Phi) is 4.17. The van der Waals surface area contributed by atoms with Crippen molar-refractivity contribution in [3.8, 4) is 0 Å². The number of hydrogen-bond donors (Lipinski definition) is 2. The van der Waals surface area contributed by atoms with Gasteiger partial charge in [-0.2, -0.15) is 0 Å². The summed E-state index contributed by atoms with van der Waals surface area (Å²) in [6, 6.07) is 0. The molecular weight excluding hydrogens is 100 g/mol. The van der Waals surface area contributed by atoms with E-state index in [-0.39, 0.29) is 0 Å². The zero-order valence-corrected chi connectivity index (χ0v) is 5.20. The zero-order valence-electron chi connectivity index (χ0n) is 5.20. The summed E-state index contributed by atoms with van der Waals surface area (Å²) in [5.41, 5.74) is 0.548. The zero-order chi connectivity index (χ0) is 6.41. The minimum atomic E-state index is 0.548. The lowest BCUT2D eigenvalue weighted by molar-refractivity contribution is 0.817. The first-order chi connectivity index (χ1) is 3.81. The Labute approximate surface area is 50.1 Å². The SMILES string of the molecule is C=CC(=N)CNCC. The fourth-order valence-corrected chi connectivity index (χ4v) is 0.332. The van der Waals surface area contributed by atoms with Gasteiger partial charge in [0.2, 0.25) is 0 Å². The lowest BCUT2D eigenvalue weighted by atomic mass is 10.4.